The molecule has 0 amide bonds. The number of nitrogens with zero attached hydrogens (tertiary/aromatic N) is 4. The third-order valence-corrected chi connectivity index (χ3v) is 5.60. The zero-order chi connectivity index (χ0) is 19.7. The fourth-order valence-electron chi connectivity index (χ4n) is 4.17. The van der Waals surface area contributed by atoms with E-state index in [1.807, 2.05) is 13.1 Å². The first-order valence-corrected chi connectivity index (χ1v) is 10.1. The van der Waals surface area contributed by atoms with Crippen molar-refractivity contribution < 1.29 is 9.13 Å². The summed E-state index contributed by atoms with van der Waals surface area (Å²) in [6.45, 7) is 8.39. The van der Waals surface area contributed by atoms with Crippen molar-refractivity contribution in [3.05, 3.63) is 42.3 Å². The molecule has 0 saturated carbocycles. The number of aromatic nitrogens is 3. The van der Waals surface area contributed by atoms with Gasteiger partial charge in [0.25, 0.3) is 0 Å². The number of anilines is 1. The highest BCUT2D eigenvalue weighted by Gasteiger charge is 2.28. The summed E-state index contributed by atoms with van der Waals surface area (Å²) >= 11 is 0. The van der Waals surface area contributed by atoms with Gasteiger partial charge < -0.3 is 14.2 Å². The number of imidazole rings is 1. The zero-order valence-corrected chi connectivity index (χ0v) is 16.7. The van der Waals surface area contributed by atoms with E-state index in [0.29, 0.717) is 37.4 Å². The smallest absolute Gasteiger partial charge is 0.142 e. The predicted molar refractivity (Wildman–Crippen MR) is 110 cm³/mol. The molecule has 2 aromatic heterocycles. The van der Waals surface area contributed by atoms with E-state index in [2.05, 4.69) is 35.4 Å². The van der Waals surface area contributed by atoms with Crippen molar-refractivity contribution in [2.75, 3.05) is 18.1 Å². The molecule has 4 rings (SSSR count). The molecule has 1 aliphatic rings. The first-order chi connectivity index (χ1) is 13.6. The molecule has 1 fully saturated rings. The van der Waals surface area contributed by atoms with E-state index >= 15 is 0 Å². The van der Waals surface area contributed by atoms with E-state index < -0.39 is 0 Å². The van der Waals surface area contributed by atoms with Crippen LogP contribution in [-0.2, 0) is 11.3 Å². The van der Waals surface area contributed by atoms with Crippen LogP contribution in [0.1, 0.15) is 33.6 Å². The van der Waals surface area contributed by atoms with Gasteiger partial charge in [-0.05, 0) is 57.9 Å². The number of hydrogen-bond donors (Lipinski definition) is 0. The van der Waals surface area contributed by atoms with Crippen LogP contribution in [0.3, 0.4) is 0 Å². The Hall–Kier alpha value is -2.47. The van der Waals surface area contributed by atoms with Crippen LogP contribution in [-0.4, -0.2) is 39.8 Å². The van der Waals surface area contributed by atoms with Gasteiger partial charge in [-0.25, -0.2) is 14.4 Å². The molecule has 5 nitrogen and oxygen atoms in total. The third kappa shape index (κ3) is 3.49. The molecule has 1 aromatic carbocycles. The molecule has 3 heterocycles. The van der Waals surface area contributed by atoms with Gasteiger partial charge in [0.05, 0.1) is 17.6 Å². The van der Waals surface area contributed by atoms with E-state index in [9.17, 15) is 4.39 Å². The van der Waals surface area contributed by atoms with Crippen molar-refractivity contribution in [2.24, 2.45) is 0 Å². The summed E-state index contributed by atoms with van der Waals surface area (Å²) in [5.74, 6) is 1.52. The van der Waals surface area contributed by atoms with E-state index in [1.54, 1.807) is 6.07 Å². The summed E-state index contributed by atoms with van der Waals surface area (Å²) in [5.41, 5.74) is 2.48. The molecule has 0 radical (unpaired) electrons. The average molecular weight is 382 g/mol. The van der Waals surface area contributed by atoms with E-state index in [-0.39, 0.29) is 5.82 Å². The minimum absolute atomic E-state index is 0.279. The van der Waals surface area contributed by atoms with Crippen LogP contribution < -0.4 is 4.90 Å². The van der Waals surface area contributed by atoms with Crippen LogP contribution in [0.5, 0.6) is 0 Å². The Morgan fingerprint density at radius 2 is 1.93 bits per heavy atom. The molecule has 0 unspecified atom stereocenters. The molecule has 0 bridgehead atoms. The van der Waals surface area contributed by atoms with Crippen molar-refractivity contribution in [3.8, 4) is 11.4 Å². The van der Waals surface area contributed by atoms with Gasteiger partial charge in [0.1, 0.15) is 17.5 Å². The van der Waals surface area contributed by atoms with Gasteiger partial charge in [-0.1, -0.05) is 0 Å². The first kappa shape index (κ1) is 18.9. The van der Waals surface area contributed by atoms with Gasteiger partial charge in [-0.2, -0.15) is 0 Å². The summed E-state index contributed by atoms with van der Waals surface area (Å²) in [7, 11) is 0. The Bertz CT molecular complexity index is 943. The van der Waals surface area contributed by atoms with Gasteiger partial charge in [-0.15, -0.1) is 0 Å². The molecule has 0 aliphatic carbocycles. The second-order valence-corrected chi connectivity index (χ2v) is 7.50. The van der Waals surface area contributed by atoms with E-state index in [4.69, 9.17) is 14.7 Å². The second-order valence-electron chi connectivity index (χ2n) is 7.50. The monoisotopic (exact) mass is 382 g/mol. The van der Waals surface area contributed by atoms with Crippen molar-refractivity contribution in [1.29, 1.82) is 0 Å². The highest BCUT2D eigenvalue weighted by Crippen LogP contribution is 2.31. The Balaban J connectivity index is 1.70. The van der Waals surface area contributed by atoms with Crippen LogP contribution in [0.15, 0.2) is 36.5 Å². The number of pyridine rings is 1. The van der Waals surface area contributed by atoms with Crippen LogP contribution in [0.25, 0.3) is 22.4 Å². The number of fused-ring (bicyclic) bond motifs is 1. The highest BCUT2D eigenvalue weighted by molar-refractivity contribution is 5.80. The third-order valence-electron chi connectivity index (χ3n) is 5.60. The number of benzene rings is 1. The molecule has 1 aliphatic heterocycles. The van der Waals surface area contributed by atoms with Crippen LogP contribution in [0, 0.1) is 5.82 Å². The lowest BCUT2D eigenvalue weighted by Crippen LogP contribution is -2.33. The lowest BCUT2D eigenvalue weighted by atomic mass is 10.2. The molecular weight excluding hydrogens is 355 g/mol. The summed E-state index contributed by atoms with van der Waals surface area (Å²) in [6.07, 6.45) is 4.27. The Morgan fingerprint density at radius 1 is 1.14 bits per heavy atom. The number of rotatable bonds is 6. The van der Waals surface area contributed by atoms with Crippen molar-refractivity contribution >= 4 is 16.9 Å². The number of halogens is 1. The van der Waals surface area contributed by atoms with Gasteiger partial charge in [0.2, 0.25) is 0 Å². The molecule has 0 spiro atoms. The quantitative estimate of drug-likeness (QED) is 0.582. The number of ether oxygens (including phenoxy) is 1. The van der Waals surface area contributed by atoms with Crippen LogP contribution >= 0.6 is 0 Å². The Kier molecular flexibility index (Phi) is 5.31. The summed E-state index contributed by atoms with van der Waals surface area (Å²) in [5, 5.41) is 0. The largest absolute Gasteiger partial charge is 0.380 e. The summed E-state index contributed by atoms with van der Waals surface area (Å²) in [6, 6.07) is 9.88. The fraction of sp³-hybridized carbons (Fsp3) is 0.455. The number of hydrogen-bond acceptors (Lipinski definition) is 4. The molecule has 148 valence electrons. The first-order valence-electron chi connectivity index (χ1n) is 10.1. The standard InChI is InChI=1S/C22H27FN4O/c1-4-28-12-11-26-20-9-8-18(23)13-19(20)25-22(26)17-7-10-21(24-14-17)27-15(2)5-6-16(27)3/h7-10,13-16H,4-6,11-12H2,1-3H3/t15-,16-/m0/s1. The molecule has 2 atom stereocenters. The molecule has 28 heavy (non-hydrogen) atoms. The van der Waals surface area contributed by atoms with Gasteiger partial charge in [0.15, 0.2) is 0 Å². The van der Waals surface area contributed by atoms with Gasteiger partial charge in [0, 0.05) is 43.1 Å². The SMILES string of the molecule is CCOCCn1c(-c2ccc(N3[C@@H](C)CC[C@@H]3C)nc2)nc2cc(F)ccc21. The topological polar surface area (TPSA) is 43.2 Å². The maximum absolute atomic E-state index is 13.7. The maximum atomic E-state index is 13.7. The lowest BCUT2D eigenvalue weighted by molar-refractivity contribution is 0.140. The normalized spacial score (nSPS) is 19.6. The molecular formula is C22H27FN4O. The molecule has 0 N–H and O–H groups in total. The summed E-state index contributed by atoms with van der Waals surface area (Å²) in [4.78, 5) is 11.8. The van der Waals surface area contributed by atoms with Crippen molar-refractivity contribution in [2.45, 2.75) is 52.2 Å². The highest BCUT2D eigenvalue weighted by atomic mass is 19.1. The van der Waals surface area contributed by atoms with E-state index in [1.165, 1.54) is 25.0 Å². The minimum Gasteiger partial charge on any atom is -0.380 e. The Labute approximate surface area is 165 Å². The zero-order valence-electron chi connectivity index (χ0n) is 16.7. The van der Waals surface area contributed by atoms with Crippen LogP contribution in [0.2, 0.25) is 0 Å². The average Bonchev–Trinajstić information content (AvgIpc) is 3.21. The van der Waals surface area contributed by atoms with Crippen molar-refractivity contribution in [3.63, 3.8) is 0 Å². The van der Waals surface area contributed by atoms with Gasteiger partial charge >= 0.3 is 0 Å². The fourth-order valence-corrected chi connectivity index (χ4v) is 4.17. The molecule has 1 saturated heterocycles. The second kappa shape index (κ2) is 7.87. The summed E-state index contributed by atoms with van der Waals surface area (Å²) < 4.78 is 21.3. The maximum Gasteiger partial charge on any atom is 0.142 e. The van der Waals surface area contributed by atoms with Gasteiger partial charge in [-0.3, -0.25) is 0 Å². The van der Waals surface area contributed by atoms with Crippen molar-refractivity contribution in [1.82, 2.24) is 14.5 Å². The lowest BCUT2D eigenvalue weighted by Gasteiger charge is -2.27. The minimum atomic E-state index is -0.279. The molecule has 3 aromatic rings. The Morgan fingerprint density at radius 3 is 2.61 bits per heavy atom. The molecule has 6 heteroatoms. The predicted octanol–water partition coefficient (Wildman–Crippen LogP) is 4.65. The van der Waals surface area contributed by atoms with E-state index in [0.717, 1.165) is 22.7 Å². The van der Waals surface area contributed by atoms with Crippen LogP contribution in [0.4, 0.5) is 10.2 Å².